The zero-order valence-corrected chi connectivity index (χ0v) is 14.1. The van der Waals surface area contributed by atoms with Gasteiger partial charge in [0, 0.05) is 49.7 Å². The minimum atomic E-state index is -0.0814. The fourth-order valence-corrected chi connectivity index (χ4v) is 4.11. The lowest BCUT2D eigenvalue weighted by molar-refractivity contribution is 0.0588. The van der Waals surface area contributed by atoms with Crippen molar-refractivity contribution in [3.8, 4) is 0 Å². The number of carbonyl (C=O) groups excluding carboxylic acids is 1. The van der Waals surface area contributed by atoms with E-state index < -0.39 is 0 Å². The molecule has 1 amide bonds. The van der Waals surface area contributed by atoms with E-state index in [9.17, 15) is 9.59 Å². The predicted molar refractivity (Wildman–Crippen MR) is 94.2 cm³/mol. The van der Waals surface area contributed by atoms with E-state index in [1.165, 1.54) is 12.4 Å². The standard InChI is InChI=1S/C19H20N4O2/c1-2-3-14-4-5-17(24)23-11-13-8-15(18(14)23)12-22(10-13)19(25)16-9-20-6-7-21-16/h2-7,9,13,15H,8,10-12H2,1H3/b3-2+/t13-,15+/m0/s1. The van der Waals surface area contributed by atoms with Crippen LogP contribution in [0.5, 0.6) is 0 Å². The van der Waals surface area contributed by atoms with Crippen LogP contribution in [0, 0.1) is 5.92 Å². The van der Waals surface area contributed by atoms with Crippen molar-refractivity contribution in [2.75, 3.05) is 13.1 Å². The van der Waals surface area contributed by atoms with Gasteiger partial charge in [-0.1, -0.05) is 12.2 Å². The lowest BCUT2D eigenvalue weighted by Gasteiger charge is -2.43. The Morgan fingerprint density at radius 1 is 1.24 bits per heavy atom. The highest BCUT2D eigenvalue weighted by Crippen LogP contribution is 2.37. The molecule has 2 aliphatic rings. The minimum absolute atomic E-state index is 0.0478. The summed E-state index contributed by atoms with van der Waals surface area (Å²) in [5.74, 6) is 0.390. The molecule has 4 heterocycles. The molecule has 2 atom stereocenters. The highest BCUT2D eigenvalue weighted by Gasteiger charge is 2.37. The molecule has 2 aliphatic heterocycles. The highest BCUT2D eigenvalue weighted by molar-refractivity contribution is 5.92. The summed E-state index contributed by atoms with van der Waals surface area (Å²) in [6, 6.07) is 3.53. The Morgan fingerprint density at radius 2 is 2.12 bits per heavy atom. The van der Waals surface area contributed by atoms with Crippen molar-refractivity contribution < 1.29 is 4.79 Å². The number of rotatable bonds is 2. The molecule has 2 aromatic heterocycles. The first-order chi connectivity index (χ1) is 12.2. The Hall–Kier alpha value is -2.76. The number of amides is 1. The van der Waals surface area contributed by atoms with Gasteiger partial charge in [-0.05, 0) is 30.9 Å². The number of pyridine rings is 1. The lowest BCUT2D eigenvalue weighted by Crippen LogP contribution is -2.49. The van der Waals surface area contributed by atoms with Gasteiger partial charge in [0.1, 0.15) is 5.69 Å². The summed E-state index contributed by atoms with van der Waals surface area (Å²) in [5, 5.41) is 0. The van der Waals surface area contributed by atoms with E-state index in [-0.39, 0.29) is 17.4 Å². The van der Waals surface area contributed by atoms with Gasteiger partial charge in [-0.25, -0.2) is 4.98 Å². The van der Waals surface area contributed by atoms with Crippen molar-refractivity contribution >= 4 is 12.0 Å². The fraction of sp³-hybridized carbons (Fsp3) is 0.368. The molecular formula is C19H20N4O2. The van der Waals surface area contributed by atoms with Gasteiger partial charge in [0.2, 0.25) is 0 Å². The maximum atomic E-state index is 12.8. The molecule has 1 saturated heterocycles. The minimum Gasteiger partial charge on any atom is -0.336 e. The average molecular weight is 336 g/mol. The Labute approximate surface area is 145 Å². The number of hydrogen-bond donors (Lipinski definition) is 0. The van der Waals surface area contributed by atoms with Crippen molar-refractivity contribution in [1.29, 1.82) is 0 Å². The van der Waals surface area contributed by atoms with Crippen molar-refractivity contribution in [1.82, 2.24) is 19.4 Å². The van der Waals surface area contributed by atoms with E-state index in [0.717, 1.165) is 17.7 Å². The third kappa shape index (κ3) is 2.77. The number of likely N-dealkylation sites (tertiary alicyclic amines) is 1. The Balaban J connectivity index is 1.70. The van der Waals surface area contributed by atoms with Crippen LogP contribution in [0.15, 0.2) is 41.6 Å². The fourth-order valence-electron chi connectivity index (χ4n) is 4.11. The van der Waals surface area contributed by atoms with Crippen LogP contribution in [0.25, 0.3) is 6.08 Å². The summed E-state index contributed by atoms with van der Waals surface area (Å²) in [7, 11) is 0. The first-order valence-corrected chi connectivity index (χ1v) is 8.59. The smallest absolute Gasteiger partial charge is 0.274 e. The molecule has 6 heteroatoms. The number of aromatic nitrogens is 3. The number of piperidine rings is 1. The molecule has 128 valence electrons. The van der Waals surface area contributed by atoms with Crippen LogP contribution in [0.3, 0.4) is 0 Å². The molecule has 6 nitrogen and oxygen atoms in total. The molecule has 2 aromatic rings. The van der Waals surface area contributed by atoms with Crippen LogP contribution in [0.1, 0.15) is 41.0 Å². The van der Waals surface area contributed by atoms with E-state index in [4.69, 9.17) is 0 Å². The van der Waals surface area contributed by atoms with Gasteiger partial charge < -0.3 is 9.47 Å². The molecular weight excluding hydrogens is 316 g/mol. The SMILES string of the molecule is C/C=C/c1ccc(=O)n2c1[C@@H]1C[C@@H](CN(C(=O)c3cnccn3)C1)C2. The second-order valence-corrected chi connectivity index (χ2v) is 6.72. The Kier molecular flexibility index (Phi) is 3.95. The maximum absolute atomic E-state index is 12.8. The van der Waals surface area contributed by atoms with Crippen molar-refractivity contribution in [2.45, 2.75) is 25.8 Å². The van der Waals surface area contributed by atoms with Crippen LogP contribution >= 0.6 is 0 Å². The molecule has 4 rings (SSSR count). The number of nitrogens with zero attached hydrogens (tertiary/aromatic N) is 4. The molecule has 1 fully saturated rings. The zero-order chi connectivity index (χ0) is 17.4. The first kappa shape index (κ1) is 15.7. The van der Waals surface area contributed by atoms with E-state index in [2.05, 4.69) is 9.97 Å². The molecule has 2 bridgehead atoms. The molecule has 0 unspecified atom stereocenters. The molecule has 0 spiro atoms. The van der Waals surface area contributed by atoms with Crippen molar-refractivity contribution in [2.24, 2.45) is 5.92 Å². The van der Waals surface area contributed by atoms with E-state index in [1.54, 1.807) is 12.3 Å². The van der Waals surface area contributed by atoms with Crippen molar-refractivity contribution in [3.05, 3.63) is 64.1 Å². The largest absolute Gasteiger partial charge is 0.336 e. The van der Waals surface area contributed by atoms with Crippen molar-refractivity contribution in [3.63, 3.8) is 0 Å². The second-order valence-electron chi connectivity index (χ2n) is 6.72. The van der Waals surface area contributed by atoms with E-state index in [1.807, 2.05) is 34.6 Å². The van der Waals surface area contributed by atoms with Gasteiger partial charge in [0.05, 0.1) is 6.20 Å². The molecule has 0 aromatic carbocycles. The Morgan fingerprint density at radius 3 is 2.88 bits per heavy atom. The third-order valence-corrected chi connectivity index (χ3v) is 5.04. The molecule has 25 heavy (non-hydrogen) atoms. The van der Waals surface area contributed by atoms with Gasteiger partial charge in [0.25, 0.3) is 11.5 Å². The summed E-state index contributed by atoms with van der Waals surface area (Å²) < 4.78 is 1.90. The van der Waals surface area contributed by atoms with E-state index >= 15 is 0 Å². The van der Waals surface area contributed by atoms with Crippen LogP contribution in [0.2, 0.25) is 0 Å². The number of fused-ring (bicyclic) bond motifs is 4. The number of carbonyl (C=O) groups is 1. The summed E-state index contributed by atoms with van der Waals surface area (Å²) in [4.78, 5) is 35.1. The molecule has 0 radical (unpaired) electrons. The number of allylic oxidation sites excluding steroid dienone is 1. The average Bonchev–Trinajstić information content (AvgIpc) is 2.64. The summed E-state index contributed by atoms with van der Waals surface area (Å²) in [5.41, 5.74) is 2.55. The predicted octanol–water partition coefficient (Wildman–Crippen LogP) is 1.93. The highest BCUT2D eigenvalue weighted by atomic mass is 16.2. The summed E-state index contributed by atoms with van der Waals surface area (Å²) in [6.07, 6.45) is 9.65. The Bertz CT molecular complexity index is 888. The third-order valence-electron chi connectivity index (χ3n) is 5.04. The van der Waals surface area contributed by atoms with E-state index in [0.29, 0.717) is 31.2 Å². The van der Waals surface area contributed by atoms with Gasteiger partial charge in [0.15, 0.2) is 0 Å². The van der Waals surface area contributed by atoms with Crippen LogP contribution in [-0.4, -0.2) is 38.4 Å². The normalized spacial score (nSPS) is 22.0. The second kappa shape index (κ2) is 6.27. The van der Waals surface area contributed by atoms with Gasteiger partial charge in [-0.3, -0.25) is 14.6 Å². The zero-order valence-electron chi connectivity index (χ0n) is 14.1. The quantitative estimate of drug-likeness (QED) is 0.840. The summed E-state index contributed by atoms with van der Waals surface area (Å²) >= 11 is 0. The van der Waals surface area contributed by atoms with Crippen LogP contribution < -0.4 is 5.56 Å². The maximum Gasteiger partial charge on any atom is 0.274 e. The first-order valence-electron chi connectivity index (χ1n) is 8.59. The lowest BCUT2D eigenvalue weighted by atomic mass is 9.81. The van der Waals surface area contributed by atoms with Crippen LogP contribution in [0.4, 0.5) is 0 Å². The number of hydrogen-bond acceptors (Lipinski definition) is 4. The molecule has 0 aliphatic carbocycles. The molecule has 0 saturated carbocycles. The summed E-state index contributed by atoms with van der Waals surface area (Å²) in [6.45, 7) is 3.91. The topological polar surface area (TPSA) is 68.1 Å². The van der Waals surface area contributed by atoms with Gasteiger partial charge >= 0.3 is 0 Å². The molecule has 0 N–H and O–H groups in total. The van der Waals surface area contributed by atoms with Crippen LogP contribution in [-0.2, 0) is 6.54 Å². The monoisotopic (exact) mass is 336 g/mol. The van der Waals surface area contributed by atoms with Gasteiger partial charge in [-0.15, -0.1) is 0 Å². The van der Waals surface area contributed by atoms with Gasteiger partial charge in [-0.2, -0.15) is 0 Å².